The molecule has 1 rings (SSSR count). The molecule has 0 fully saturated rings. The van der Waals surface area contributed by atoms with Crippen LogP contribution in [-0.4, -0.2) is 65.5 Å². The number of hydrogen-bond donors (Lipinski definition) is 1. The van der Waals surface area contributed by atoms with Crippen LogP contribution in [0.15, 0.2) is 23.1 Å². The lowest BCUT2D eigenvalue weighted by atomic mass is 10.3. The number of aliphatic hydroxyl groups is 1. The fraction of sp³-hybridized carbons (Fsp3) is 0.571. The van der Waals surface area contributed by atoms with Crippen LogP contribution >= 0.6 is 0 Å². The maximum atomic E-state index is 12.8. The van der Waals surface area contributed by atoms with Crippen LogP contribution in [0.4, 0.5) is 0 Å². The van der Waals surface area contributed by atoms with Gasteiger partial charge in [0.25, 0.3) is 0 Å². The van der Waals surface area contributed by atoms with E-state index in [0.717, 1.165) is 0 Å². The standard InChI is InChI=1S/C14H23NO6S/c1-19-10-4-7-15(8-9-16)22(17,18)14-11-12(20-2)5-6-13(14)21-3/h5-6,11,16H,4,7-10H2,1-3H3. The van der Waals surface area contributed by atoms with Gasteiger partial charge in [0.15, 0.2) is 0 Å². The Kier molecular flexibility index (Phi) is 7.60. The van der Waals surface area contributed by atoms with Crippen LogP contribution in [0.2, 0.25) is 0 Å². The van der Waals surface area contributed by atoms with Gasteiger partial charge in [0.1, 0.15) is 16.4 Å². The van der Waals surface area contributed by atoms with Gasteiger partial charge in [-0.25, -0.2) is 8.42 Å². The van der Waals surface area contributed by atoms with Gasteiger partial charge in [-0.2, -0.15) is 4.31 Å². The third-order valence-corrected chi connectivity index (χ3v) is 5.01. The van der Waals surface area contributed by atoms with E-state index in [-0.39, 0.29) is 30.3 Å². The van der Waals surface area contributed by atoms with E-state index in [4.69, 9.17) is 19.3 Å². The molecular weight excluding hydrogens is 310 g/mol. The van der Waals surface area contributed by atoms with Crippen molar-refractivity contribution >= 4 is 10.0 Å². The summed E-state index contributed by atoms with van der Waals surface area (Å²) in [6.07, 6.45) is 0.530. The number of ether oxygens (including phenoxy) is 3. The first-order valence-electron chi connectivity index (χ1n) is 6.83. The molecule has 0 aromatic heterocycles. The molecule has 0 saturated heterocycles. The van der Waals surface area contributed by atoms with Gasteiger partial charge in [-0.15, -0.1) is 0 Å². The Morgan fingerprint density at radius 3 is 2.41 bits per heavy atom. The van der Waals surface area contributed by atoms with E-state index in [1.165, 1.54) is 30.7 Å². The first kappa shape index (κ1) is 18.7. The number of aliphatic hydroxyl groups excluding tert-OH is 1. The second-order valence-corrected chi connectivity index (χ2v) is 6.40. The quantitative estimate of drug-likeness (QED) is 0.635. The largest absolute Gasteiger partial charge is 0.497 e. The predicted octanol–water partition coefficient (Wildman–Crippen LogP) is 0.723. The first-order chi connectivity index (χ1) is 10.5. The van der Waals surface area contributed by atoms with Gasteiger partial charge in [-0.05, 0) is 18.6 Å². The molecule has 22 heavy (non-hydrogen) atoms. The Labute approximate surface area is 131 Å². The molecule has 1 N–H and O–H groups in total. The lowest BCUT2D eigenvalue weighted by Gasteiger charge is -2.22. The minimum Gasteiger partial charge on any atom is -0.497 e. The molecule has 0 spiro atoms. The van der Waals surface area contributed by atoms with Crippen molar-refractivity contribution in [3.05, 3.63) is 18.2 Å². The highest BCUT2D eigenvalue weighted by Gasteiger charge is 2.27. The zero-order valence-corrected chi connectivity index (χ0v) is 13.9. The normalized spacial score (nSPS) is 11.7. The Balaban J connectivity index is 3.17. The predicted molar refractivity (Wildman–Crippen MR) is 81.9 cm³/mol. The van der Waals surface area contributed by atoms with Crippen molar-refractivity contribution < 1.29 is 27.7 Å². The SMILES string of the molecule is COCCCN(CCO)S(=O)(=O)c1cc(OC)ccc1OC. The molecule has 0 unspecified atom stereocenters. The second-order valence-electron chi connectivity index (χ2n) is 4.49. The number of rotatable bonds is 10. The van der Waals surface area contributed by atoms with E-state index in [0.29, 0.717) is 18.8 Å². The highest BCUT2D eigenvalue weighted by Crippen LogP contribution is 2.30. The average Bonchev–Trinajstić information content (AvgIpc) is 2.53. The molecule has 0 amide bonds. The van der Waals surface area contributed by atoms with Crippen LogP contribution in [0, 0.1) is 0 Å². The Hall–Kier alpha value is -1.35. The fourth-order valence-corrected chi connectivity index (χ4v) is 3.61. The highest BCUT2D eigenvalue weighted by atomic mass is 32.2. The van der Waals surface area contributed by atoms with Crippen LogP contribution in [0.1, 0.15) is 6.42 Å². The van der Waals surface area contributed by atoms with E-state index in [1.807, 2.05) is 0 Å². The summed E-state index contributed by atoms with van der Waals surface area (Å²) in [7, 11) is 0.611. The molecule has 0 heterocycles. The van der Waals surface area contributed by atoms with Crippen molar-refractivity contribution in [2.45, 2.75) is 11.3 Å². The molecule has 0 saturated carbocycles. The van der Waals surface area contributed by atoms with Gasteiger partial charge in [0.05, 0.1) is 20.8 Å². The summed E-state index contributed by atoms with van der Waals surface area (Å²) in [5, 5.41) is 9.14. The fourth-order valence-electron chi connectivity index (χ4n) is 1.97. The molecular formula is C14H23NO6S. The van der Waals surface area contributed by atoms with Crippen LogP contribution in [0.5, 0.6) is 11.5 Å². The van der Waals surface area contributed by atoms with Crippen molar-refractivity contribution in [3.8, 4) is 11.5 Å². The third kappa shape index (κ3) is 4.57. The summed E-state index contributed by atoms with van der Waals surface area (Å²) in [4.78, 5) is 0.0141. The highest BCUT2D eigenvalue weighted by molar-refractivity contribution is 7.89. The summed E-state index contributed by atoms with van der Waals surface area (Å²) in [6, 6.07) is 4.58. The van der Waals surface area contributed by atoms with Crippen LogP contribution < -0.4 is 9.47 Å². The van der Waals surface area contributed by atoms with Gasteiger partial charge in [0, 0.05) is 32.9 Å². The molecule has 0 aliphatic carbocycles. The van der Waals surface area contributed by atoms with E-state index in [1.54, 1.807) is 13.2 Å². The average molecular weight is 333 g/mol. The summed E-state index contributed by atoms with van der Waals surface area (Å²) >= 11 is 0. The lowest BCUT2D eigenvalue weighted by molar-refractivity contribution is 0.182. The van der Waals surface area contributed by atoms with Crippen molar-refractivity contribution in [2.24, 2.45) is 0 Å². The van der Waals surface area contributed by atoms with Crippen LogP contribution in [0.3, 0.4) is 0 Å². The topological polar surface area (TPSA) is 85.3 Å². The van der Waals surface area contributed by atoms with Crippen molar-refractivity contribution in [3.63, 3.8) is 0 Å². The van der Waals surface area contributed by atoms with Crippen molar-refractivity contribution in [1.29, 1.82) is 0 Å². The summed E-state index contributed by atoms with van der Waals surface area (Å²) in [5.41, 5.74) is 0. The number of nitrogens with zero attached hydrogens (tertiary/aromatic N) is 1. The molecule has 0 bridgehead atoms. The van der Waals surface area contributed by atoms with Gasteiger partial charge in [-0.1, -0.05) is 0 Å². The molecule has 0 atom stereocenters. The Bertz CT molecular complexity index is 560. The number of benzene rings is 1. The summed E-state index contributed by atoms with van der Waals surface area (Å²) in [5.74, 6) is 0.649. The molecule has 0 aliphatic heterocycles. The van der Waals surface area contributed by atoms with Gasteiger partial charge in [0.2, 0.25) is 10.0 Å². The van der Waals surface area contributed by atoms with E-state index in [2.05, 4.69) is 0 Å². The van der Waals surface area contributed by atoms with Gasteiger partial charge >= 0.3 is 0 Å². The zero-order valence-electron chi connectivity index (χ0n) is 13.1. The Morgan fingerprint density at radius 2 is 1.86 bits per heavy atom. The minimum atomic E-state index is -3.81. The third-order valence-electron chi connectivity index (χ3n) is 3.09. The first-order valence-corrected chi connectivity index (χ1v) is 8.27. The van der Waals surface area contributed by atoms with E-state index in [9.17, 15) is 8.42 Å². The molecule has 0 aliphatic rings. The van der Waals surface area contributed by atoms with E-state index >= 15 is 0 Å². The maximum absolute atomic E-state index is 12.8. The molecule has 126 valence electrons. The monoisotopic (exact) mass is 333 g/mol. The van der Waals surface area contributed by atoms with Crippen LogP contribution in [0.25, 0.3) is 0 Å². The molecule has 7 nitrogen and oxygen atoms in total. The van der Waals surface area contributed by atoms with Gasteiger partial charge < -0.3 is 19.3 Å². The zero-order chi connectivity index (χ0) is 16.6. The summed E-state index contributed by atoms with van der Waals surface area (Å²) in [6.45, 7) is 0.425. The summed E-state index contributed by atoms with van der Waals surface area (Å²) < 4.78 is 42.0. The molecule has 8 heteroatoms. The second kappa shape index (κ2) is 8.94. The number of sulfonamides is 1. The maximum Gasteiger partial charge on any atom is 0.246 e. The molecule has 0 radical (unpaired) electrons. The van der Waals surface area contributed by atoms with E-state index < -0.39 is 10.0 Å². The van der Waals surface area contributed by atoms with Crippen molar-refractivity contribution in [2.75, 3.05) is 47.6 Å². The smallest absolute Gasteiger partial charge is 0.246 e. The molecule has 1 aromatic rings. The van der Waals surface area contributed by atoms with Crippen molar-refractivity contribution in [1.82, 2.24) is 4.31 Å². The van der Waals surface area contributed by atoms with Crippen LogP contribution in [-0.2, 0) is 14.8 Å². The minimum absolute atomic E-state index is 0.00636. The molecule has 1 aromatic carbocycles. The van der Waals surface area contributed by atoms with Gasteiger partial charge in [-0.3, -0.25) is 0 Å². The lowest BCUT2D eigenvalue weighted by Crippen LogP contribution is -2.35. The number of methoxy groups -OCH3 is 3. The Morgan fingerprint density at radius 1 is 1.14 bits per heavy atom. The number of hydrogen-bond acceptors (Lipinski definition) is 6.